The monoisotopic (exact) mass is 318 g/mol. The number of nitrogens with one attached hydrogen (secondary N) is 1. The van der Waals surface area contributed by atoms with Gasteiger partial charge in [-0.15, -0.1) is 11.3 Å². The molecular formula is C15H18N4O2S. The molecule has 116 valence electrons. The summed E-state index contributed by atoms with van der Waals surface area (Å²) in [4.78, 5) is 29.6. The molecule has 0 saturated heterocycles. The maximum Gasteiger partial charge on any atom is 0.275 e. The summed E-state index contributed by atoms with van der Waals surface area (Å²) in [6.07, 6.45) is 0.666. The van der Waals surface area contributed by atoms with Crippen molar-refractivity contribution in [2.24, 2.45) is 5.73 Å². The number of nitrogens with zero attached hydrogens (tertiary/aromatic N) is 2. The highest BCUT2D eigenvalue weighted by Gasteiger charge is 2.12. The summed E-state index contributed by atoms with van der Waals surface area (Å²) in [6, 6.07) is 6.75. The first-order valence-corrected chi connectivity index (χ1v) is 7.66. The average molecular weight is 318 g/mol. The van der Waals surface area contributed by atoms with Gasteiger partial charge in [0, 0.05) is 37.1 Å². The molecule has 1 aromatic heterocycles. The molecular weight excluding hydrogens is 300 g/mol. The fourth-order valence-corrected chi connectivity index (χ4v) is 2.60. The molecule has 22 heavy (non-hydrogen) atoms. The topological polar surface area (TPSA) is 88.3 Å². The van der Waals surface area contributed by atoms with Crippen molar-refractivity contribution in [3.8, 4) is 0 Å². The highest BCUT2D eigenvalue weighted by Crippen LogP contribution is 2.14. The fourth-order valence-electron chi connectivity index (χ4n) is 1.80. The molecule has 2 rings (SSSR count). The Hall–Kier alpha value is -2.25. The van der Waals surface area contributed by atoms with Gasteiger partial charge in [-0.2, -0.15) is 0 Å². The summed E-state index contributed by atoms with van der Waals surface area (Å²) in [5.41, 5.74) is 7.03. The number of carbonyl (C=O) groups is 2. The van der Waals surface area contributed by atoms with Gasteiger partial charge in [0.25, 0.3) is 11.8 Å². The van der Waals surface area contributed by atoms with Crippen LogP contribution in [0.15, 0.2) is 29.6 Å². The smallest absolute Gasteiger partial charge is 0.275 e. The van der Waals surface area contributed by atoms with E-state index in [-0.39, 0.29) is 11.8 Å². The second-order valence-electron chi connectivity index (χ2n) is 4.90. The summed E-state index contributed by atoms with van der Waals surface area (Å²) >= 11 is 1.42. The number of thiazole rings is 1. The van der Waals surface area contributed by atoms with E-state index < -0.39 is 0 Å². The van der Waals surface area contributed by atoms with Gasteiger partial charge in [0.1, 0.15) is 5.69 Å². The Labute approximate surface area is 133 Å². The van der Waals surface area contributed by atoms with Crippen LogP contribution in [0, 0.1) is 0 Å². The number of hydrogen-bond donors (Lipinski definition) is 2. The maximum atomic E-state index is 12.1. The van der Waals surface area contributed by atoms with Crippen molar-refractivity contribution in [2.45, 2.75) is 6.42 Å². The van der Waals surface area contributed by atoms with Gasteiger partial charge in [0.05, 0.1) is 5.01 Å². The van der Waals surface area contributed by atoms with E-state index in [1.54, 1.807) is 43.7 Å². The lowest BCUT2D eigenvalue weighted by molar-refractivity contribution is 0.0827. The molecule has 2 amide bonds. The molecule has 0 radical (unpaired) electrons. The Morgan fingerprint density at radius 3 is 2.55 bits per heavy atom. The Morgan fingerprint density at radius 1 is 1.27 bits per heavy atom. The summed E-state index contributed by atoms with van der Waals surface area (Å²) < 4.78 is 0. The molecule has 6 nitrogen and oxygen atoms in total. The van der Waals surface area contributed by atoms with Crippen LogP contribution in [0.25, 0.3) is 0 Å². The third-order valence-corrected chi connectivity index (χ3v) is 3.85. The molecule has 1 aromatic carbocycles. The Kier molecular flexibility index (Phi) is 5.24. The van der Waals surface area contributed by atoms with Crippen molar-refractivity contribution in [1.29, 1.82) is 0 Å². The molecule has 2 aromatic rings. The van der Waals surface area contributed by atoms with Gasteiger partial charge in [0.2, 0.25) is 0 Å². The van der Waals surface area contributed by atoms with Gasteiger partial charge in [-0.25, -0.2) is 4.98 Å². The van der Waals surface area contributed by atoms with Crippen LogP contribution in [0.5, 0.6) is 0 Å². The molecule has 1 heterocycles. The lowest BCUT2D eigenvalue weighted by atomic mass is 10.2. The van der Waals surface area contributed by atoms with Gasteiger partial charge >= 0.3 is 0 Å². The number of amides is 2. The quantitative estimate of drug-likeness (QED) is 0.876. The SMILES string of the molecule is CN(C)C(=O)c1ccc(NC(=O)c2csc(CCN)n2)cc1. The third kappa shape index (κ3) is 3.90. The van der Waals surface area contributed by atoms with Crippen molar-refractivity contribution in [2.75, 3.05) is 26.0 Å². The largest absolute Gasteiger partial charge is 0.345 e. The molecule has 0 unspecified atom stereocenters. The average Bonchev–Trinajstić information content (AvgIpc) is 2.96. The van der Waals surface area contributed by atoms with Crippen molar-refractivity contribution < 1.29 is 9.59 Å². The number of carbonyl (C=O) groups excluding carboxylic acids is 2. The van der Waals surface area contributed by atoms with E-state index >= 15 is 0 Å². The number of nitrogens with two attached hydrogens (primary N) is 1. The van der Waals surface area contributed by atoms with E-state index in [0.29, 0.717) is 29.9 Å². The minimum atomic E-state index is -0.272. The van der Waals surface area contributed by atoms with Gasteiger partial charge in [-0.1, -0.05) is 0 Å². The molecule has 0 fully saturated rings. The second kappa shape index (κ2) is 7.15. The highest BCUT2D eigenvalue weighted by molar-refractivity contribution is 7.09. The van der Waals surface area contributed by atoms with Crippen molar-refractivity contribution in [3.05, 3.63) is 45.9 Å². The van der Waals surface area contributed by atoms with Crippen LogP contribution in [0.1, 0.15) is 25.9 Å². The maximum absolute atomic E-state index is 12.1. The summed E-state index contributed by atoms with van der Waals surface area (Å²) in [7, 11) is 3.39. The summed E-state index contributed by atoms with van der Waals surface area (Å²) in [6.45, 7) is 0.510. The lowest BCUT2D eigenvalue weighted by Gasteiger charge is -2.10. The first kappa shape index (κ1) is 16.1. The van der Waals surface area contributed by atoms with E-state index in [9.17, 15) is 9.59 Å². The Balaban J connectivity index is 2.03. The van der Waals surface area contributed by atoms with E-state index in [4.69, 9.17) is 5.73 Å². The van der Waals surface area contributed by atoms with E-state index in [1.807, 2.05) is 0 Å². The molecule has 0 saturated carbocycles. The molecule has 0 aliphatic heterocycles. The highest BCUT2D eigenvalue weighted by atomic mass is 32.1. The fraction of sp³-hybridized carbons (Fsp3) is 0.267. The number of rotatable bonds is 5. The van der Waals surface area contributed by atoms with Crippen molar-refractivity contribution in [3.63, 3.8) is 0 Å². The first-order chi connectivity index (χ1) is 10.5. The van der Waals surface area contributed by atoms with E-state index in [2.05, 4.69) is 10.3 Å². The minimum Gasteiger partial charge on any atom is -0.345 e. The van der Waals surface area contributed by atoms with Crippen LogP contribution in [0.3, 0.4) is 0 Å². The van der Waals surface area contributed by atoms with Crippen molar-refractivity contribution in [1.82, 2.24) is 9.88 Å². The standard InChI is InChI=1S/C15H18N4O2S/c1-19(2)15(21)10-3-5-11(6-4-10)17-14(20)12-9-22-13(18-12)7-8-16/h3-6,9H,7-8,16H2,1-2H3,(H,17,20). The molecule has 0 atom stereocenters. The van der Waals surface area contributed by atoms with Gasteiger partial charge in [-0.3, -0.25) is 9.59 Å². The van der Waals surface area contributed by atoms with Crippen LogP contribution in [0.4, 0.5) is 5.69 Å². The molecule has 0 spiro atoms. The zero-order valence-corrected chi connectivity index (χ0v) is 13.3. The number of anilines is 1. The lowest BCUT2D eigenvalue weighted by Crippen LogP contribution is -2.21. The van der Waals surface area contributed by atoms with Gasteiger partial charge in [-0.05, 0) is 30.8 Å². The number of aromatic nitrogens is 1. The molecule has 3 N–H and O–H groups in total. The van der Waals surface area contributed by atoms with Gasteiger partial charge < -0.3 is 16.0 Å². The number of hydrogen-bond acceptors (Lipinski definition) is 5. The van der Waals surface area contributed by atoms with Crippen LogP contribution >= 0.6 is 11.3 Å². The molecule has 0 aliphatic rings. The minimum absolute atomic E-state index is 0.0798. The Morgan fingerprint density at radius 2 is 1.95 bits per heavy atom. The Bertz CT molecular complexity index is 664. The predicted octanol–water partition coefficient (Wildman–Crippen LogP) is 1.60. The zero-order chi connectivity index (χ0) is 16.1. The number of benzene rings is 1. The van der Waals surface area contributed by atoms with Crippen LogP contribution < -0.4 is 11.1 Å². The summed E-state index contributed by atoms with van der Waals surface area (Å²) in [5.74, 6) is -0.352. The first-order valence-electron chi connectivity index (χ1n) is 6.79. The molecule has 7 heteroatoms. The van der Waals surface area contributed by atoms with Crippen LogP contribution in [0.2, 0.25) is 0 Å². The second-order valence-corrected chi connectivity index (χ2v) is 5.84. The van der Waals surface area contributed by atoms with Crippen LogP contribution in [-0.4, -0.2) is 42.3 Å². The third-order valence-electron chi connectivity index (χ3n) is 2.94. The predicted molar refractivity (Wildman–Crippen MR) is 87.3 cm³/mol. The zero-order valence-electron chi connectivity index (χ0n) is 12.5. The van der Waals surface area contributed by atoms with Crippen LogP contribution in [-0.2, 0) is 6.42 Å². The van der Waals surface area contributed by atoms with Gasteiger partial charge in [0.15, 0.2) is 0 Å². The van der Waals surface area contributed by atoms with E-state index in [0.717, 1.165) is 5.01 Å². The summed E-state index contributed by atoms with van der Waals surface area (Å²) in [5, 5.41) is 5.32. The van der Waals surface area contributed by atoms with Crippen molar-refractivity contribution >= 4 is 28.8 Å². The van der Waals surface area contributed by atoms with E-state index in [1.165, 1.54) is 16.2 Å². The molecule has 0 aliphatic carbocycles. The normalized spacial score (nSPS) is 10.3. The molecule has 0 bridgehead atoms.